The summed E-state index contributed by atoms with van der Waals surface area (Å²) in [5.74, 6) is -1.15. The van der Waals surface area contributed by atoms with Gasteiger partial charge >= 0.3 is 0 Å². The van der Waals surface area contributed by atoms with Crippen molar-refractivity contribution in [2.75, 3.05) is 6.54 Å². The van der Waals surface area contributed by atoms with Gasteiger partial charge in [0.05, 0.1) is 10.6 Å². The topological polar surface area (TPSA) is 58.2 Å². The van der Waals surface area contributed by atoms with Crippen molar-refractivity contribution in [1.82, 2.24) is 10.6 Å². The predicted octanol–water partition coefficient (Wildman–Crippen LogP) is 4.25. The van der Waals surface area contributed by atoms with E-state index in [1.165, 1.54) is 24.3 Å². The Hall–Kier alpha value is -2.11. The highest BCUT2D eigenvalue weighted by molar-refractivity contribution is 6.36. The summed E-state index contributed by atoms with van der Waals surface area (Å²) in [5, 5.41) is 6.17. The van der Waals surface area contributed by atoms with Crippen LogP contribution in [-0.4, -0.2) is 24.4 Å². The van der Waals surface area contributed by atoms with Gasteiger partial charge < -0.3 is 10.6 Å². The summed E-state index contributed by atoms with van der Waals surface area (Å²) in [5.41, 5.74) is 1.17. The number of carbonyl (C=O) groups excluding carboxylic acids is 2. The Morgan fingerprint density at radius 2 is 1.74 bits per heavy atom. The first-order valence-electron chi connectivity index (χ1n) is 8.56. The van der Waals surface area contributed by atoms with E-state index in [1.807, 2.05) is 13.8 Å². The average molecular weight is 411 g/mol. The van der Waals surface area contributed by atoms with Crippen molar-refractivity contribution in [1.29, 1.82) is 0 Å². The molecule has 2 amide bonds. The predicted molar refractivity (Wildman–Crippen MR) is 106 cm³/mol. The van der Waals surface area contributed by atoms with Gasteiger partial charge in [0.25, 0.3) is 5.91 Å². The molecule has 0 radical (unpaired) electrons. The van der Waals surface area contributed by atoms with Gasteiger partial charge in [-0.25, -0.2) is 4.39 Å². The number of carbonyl (C=O) groups is 2. The summed E-state index contributed by atoms with van der Waals surface area (Å²) in [6.45, 7) is 4.06. The molecule has 0 aromatic heterocycles. The van der Waals surface area contributed by atoms with E-state index in [2.05, 4.69) is 10.6 Å². The van der Waals surface area contributed by atoms with E-state index >= 15 is 0 Å². The number of nitrogens with one attached hydrogen (secondary N) is 2. The van der Waals surface area contributed by atoms with Crippen LogP contribution in [0, 0.1) is 11.7 Å². The van der Waals surface area contributed by atoms with Crippen molar-refractivity contribution in [3.05, 3.63) is 69.5 Å². The number of halogens is 3. The third-order valence-corrected chi connectivity index (χ3v) is 4.59. The Bertz CT molecular complexity index is 810. The molecule has 144 valence electrons. The van der Waals surface area contributed by atoms with E-state index in [9.17, 15) is 14.0 Å². The summed E-state index contributed by atoms with van der Waals surface area (Å²) in [7, 11) is 0. The zero-order valence-electron chi connectivity index (χ0n) is 15.1. The van der Waals surface area contributed by atoms with E-state index in [0.29, 0.717) is 18.0 Å². The van der Waals surface area contributed by atoms with Gasteiger partial charge in [-0.2, -0.15) is 0 Å². The molecule has 2 rings (SSSR count). The Morgan fingerprint density at radius 1 is 1.07 bits per heavy atom. The fourth-order valence-corrected chi connectivity index (χ4v) is 3.01. The number of benzene rings is 2. The smallest absolute Gasteiger partial charge is 0.253 e. The second-order valence-electron chi connectivity index (χ2n) is 6.49. The van der Waals surface area contributed by atoms with Crippen molar-refractivity contribution in [2.24, 2.45) is 5.92 Å². The minimum absolute atomic E-state index is 0.120. The lowest BCUT2D eigenvalue weighted by Crippen LogP contribution is -2.50. The van der Waals surface area contributed by atoms with Gasteiger partial charge in [0.1, 0.15) is 11.9 Å². The highest BCUT2D eigenvalue weighted by atomic mass is 35.5. The molecule has 0 saturated carbocycles. The molecule has 4 nitrogen and oxygen atoms in total. The Kier molecular flexibility index (Phi) is 7.63. The molecule has 2 aromatic carbocycles. The highest BCUT2D eigenvalue weighted by Crippen LogP contribution is 2.21. The fraction of sp³-hybridized carbons (Fsp3) is 0.300. The van der Waals surface area contributed by atoms with Crippen molar-refractivity contribution < 1.29 is 14.0 Å². The number of rotatable bonds is 7. The minimum atomic E-state index is -0.711. The van der Waals surface area contributed by atoms with Crippen LogP contribution in [0.25, 0.3) is 0 Å². The normalized spacial score (nSPS) is 11.9. The zero-order chi connectivity index (χ0) is 20.0. The standard InChI is InChI=1S/C20H21Cl2FN2O2/c1-12(2)18(25-19(26)16-8-5-14(21)11-17(16)22)20(27)24-10-9-13-3-6-15(23)7-4-13/h3-8,11-12,18H,9-10H2,1-2H3,(H,24,27)(H,25,26)/t18-/m0/s1. The van der Waals surface area contributed by atoms with Gasteiger partial charge in [0, 0.05) is 11.6 Å². The molecule has 1 atom stereocenters. The van der Waals surface area contributed by atoms with Crippen molar-refractivity contribution in [3.63, 3.8) is 0 Å². The van der Waals surface area contributed by atoms with Gasteiger partial charge in [0.2, 0.25) is 5.91 Å². The molecular weight excluding hydrogens is 390 g/mol. The average Bonchev–Trinajstić information content (AvgIpc) is 2.60. The molecule has 27 heavy (non-hydrogen) atoms. The van der Waals surface area contributed by atoms with Crippen LogP contribution in [0.5, 0.6) is 0 Å². The maximum absolute atomic E-state index is 12.9. The molecule has 0 saturated heterocycles. The molecule has 0 aliphatic carbocycles. The quantitative estimate of drug-likeness (QED) is 0.716. The lowest BCUT2D eigenvalue weighted by molar-refractivity contribution is -0.123. The van der Waals surface area contributed by atoms with Crippen LogP contribution in [-0.2, 0) is 11.2 Å². The van der Waals surface area contributed by atoms with Gasteiger partial charge in [0.15, 0.2) is 0 Å². The Labute approximate surface area is 168 Å². The molecule has 0 heterocycles. The molecule has 0 aliphatic rings. The summed E-state index contributed by atoms with van der Waals surface area (Å²) >= 11 is 11.9. The van der Waals surface area contributed by atoms with E-state index in [0.717, 1.165) is 5.56 Å². The first-order chi connectivity index (χ1) is 12.8. The summed E-state index contributed by atoms with van der Waals surface area (Å²) in [6, 6.07) is 9.95. The summed E-state index contributed by atoms with van der Waals surface area (Å²) < 4.78 is 12.9. The maximum Gasteiger partial charge on any atom is 0.253 e. The van der Waals surface area contributed by atoms with Crippen molar-refractivity contribution >= 4 is 35.0 Å². The third-order valence-electron chi connectivity index (χ3n) is 4.04. The van der Waals surface area contributed by atoms with Gasteiger partial charge in [-0.05, 0) is 48.2 Å². The summed E-state index contributed by atoms with van der Waals surface area (Å²) in [6.07, 6.45) is 0.563. The van der Waals surface area contributed by atoms with Crippen LogP contribution in [0.3, 0.4) is 0 Å². The maximum atomic E-state index is 12.9. The van der Waals surface area contributed by atoms with Crippen LogP contribution in [0.4, 0.5) is 4.39 Å². The van der Waals surface area contributed by atoms with E-state index < -0.39 is 11.9 Å². The molecule has 7 heteroatoms. The molecule has 0 bridgehead atoms. The second kappa shape index (κ2) is 9.72. The molecule has 0 fully saturated rings. The molecule has 0 unspecified atom stereocenters. The third kappa shape index (κ3) is 6.22. The zero-order valence-corrected chi connectivity index (χ0v) is 16.6. The molecule has 2 aromatic rings. The molecular formula is C20H21Cl2FN2O2. The lowest BCUT2D eigenvalue weighted by atomic mass is 10.0. The largest absolute Gasteiger partial charge is 0.354 e. The number of hydrogen-bond acceptors (Lipinski definition) is 2. The Morgan fingerprint density at radius 3 is 2.33 bits per heavy atom. The van der Waals surface area contributed by atoms with E-state index in [1.54, 1.807) is 18.2 Å². The van der Waals surface area contributed by atoms with Crippen LogP contribution in [0.2, 0.25) is 10.0 Å². The molecule has 0 aliphatic heterocycles. The van der Waals surface area contributed by atoms with Crippen molar-refractivity contribution in [3.8, 4) is 0 Å². The molecule has 0 spiro atoms. The highest BCUT2D eigenvalue weighted by Gasteiger charge is 2.25. The Balaban J connectivity index is 1.95. The summed E-state index contributed by atoms with van der Waals surface area (Å²) in [4.78, 5) is 25.0. The van der Waals surface area contributed by atoms with E-state index in [-0.39, 0.29) is 28.2 Å². The van der Waals surface area contributed by atoms with Crippen LogP contribution in [0.15, 0.2) is 42.5 Å². The van der Waals surface area contributed by atoms with Crippen LogP contribution in [0.1, 0.15) is 29.8 Å². The minimum Gasteiger partial charge on any atom is -0.354 e. The van der Waals surface area contributed by atoms with Crippen molar-refractivity contribution in [2.45, 2.75) is 26.3 Å². The van der Waals surface area contributed by atoms with Gasteiger partial charge in [-0.15, -0.1) is 0 Å². The first kappa shape index (κ1) is 21.2. The monoisotopic (exact) mass is 410 g/mol. The number of hydrogen-bond donors (Lipinski definition) is 2. The second-order valence-corrected chi connectivity index (χ2v) is 7.33. The van der Waals surface area contributed by atoms with Gasteiger partial charge in [-0.3, -0.25) is 9.59 Å². The molecule has 2 N–H and O–H groups in total. The van der Waals surface area contributed by atoms with Crippen LogP contribution >= 0.6 is 23.2 Å². The number of amides is 2. The fourth-order valence-electron chi connectivity index (χ4n) is 2.52. The van der Waals surface area contributed by atoms with E-state index in [4.69, 9.17) is 23.2 Å². The SMILES string of the molecule is CC(C)[C@H](NC(=O)c1ccc(Cl)cc1Cl)C(=O)NCCc1ccc(F)cc1. The van der Waals surface area contributed by atoms with Crippen LogP contribution < -0.4 is 10.6 Å². The first-order valence-corrected chi connectivity index (χ1v) is 9.31. The lowest BCUT2D eigenvalue weighted by Gasteiger charge is -2.22. The van der Waals surface area contributed by atoms with Gasteiger partial charge in [-0.1, -0.05) is 49.2 Å².